The van der Waals surface area contributed by atoms with E-state index in [1.54, 1.807) is 0 Å². The van der Waals surface area contributed by atoms with Crippen LogP contribution in [0.4, 0.5) is 0 Å². The fraction of sp³-hybridized carbons (Fsp3) is 0.611. The second-order valence-electron chi connectivity index (χ2n) is 6.18. The Bertz CT molecular complexity index is 446. The van der Waals surface area contributed by atoms with E-state index >= 15 is 0 Å². The zero-order valence-electron chi connectivity index (χ0n) is 13.4. The molecular formula is C18H27NO2. The van der Waals surface area contributed by atoms with Crippen molar-refractivity contribution in [1.29, 1.82) is 0 Å². The van der Waals surface area contributed by atoms with E-state index in [-0.39, 0.29) is 11.9 Å². The van der Waals surface area contributed by atoms with E-state index in [0.29, 0.717) is 18.7 Å². The van der Waals surface area contributed by atoms with Gasteiger partial charge in [0.25, 0.3) is 0 Å². The van der Waals surface area contributed by atoms with Crippen molar-refractivity contribution in [3.05, 3.63) is 35.9 Å². The van der Waals surface area contributed by atoms with Crippen molar-refractivity contribution in [2.45, 2.75) is 58.7 Å². The van der Waals surface area contributed by atoms with Gasteiger partial charge in [-0.15, -0.1) is 0 Å². The van der Waals surface area contributed by atoms with Gasteiger partial charge in [0, 0.05) is 18.6 Å². The third-order valence-corrected chi connectivity index (χ3v) is 4.54. The number of carbonyl (C=O) groups is 1. The minimum Gasteiger partial charge on any atom is -0.461 e. The second-order valence-corrected chi connectivity index (χ2v) is 6.18. The van der Waals surface area contributed by atoms with Gasteiger partial charge in [-0.05, 0) is 31.7 Å². The summed E-state index contributed by atoms with van der Waals surface area (Å²) in [6, 6.07) is 11.1. The van der Waals surface area contributed by atoms with Gasteiger partial charge in [0.15, 0.2) is 0 Å². The van der Waals surface area contributed by atoms with Crippen LogP contribution in [0, 0.1) is 5.92 Å². The molecule has 1 fully saturated rings. The average molecular weight is 289 g/mol. The van der Waals surface area contributed by atoms with Gasteiger partial charge in [-0.25, -0.2) is 0 Å². The molecule has 3 unspecified atom stereocenters. The third kappa shape index (κ3) is 4.31. The van der Waals surface area contributed by atoms with E-state index in [1.165, 1.54) is 12.8 Å². The lowest BCUT2D eigenvalue weighted by Crippen LogP contribution is -2.39. The van der Waals surface area contributed by atoms with Gasteiger partial charge in [-0.2, -0.15) is 0 Å². The lowest BCUT2D eigenvalue weighted by Gasteiger charge is -2.29. The van der Waals surface area contributed by atoms with Gasteiger partial charge in [0.1, 0.15) is 6.61 Å². The molecule has 1 saturated heterocycles. The zero-order chi connectivity index (χ0) is 15.2. The lowest BCUT2D eigenvalue weighted by atomic mass is 10.1. The molecule has 1 aliphatic rings. The predicted molar refractivity (Wildman–Crippen MR) is 84.9 cm³/mol. The fourth-order valence-electron chi connectivity index (χ4n) is 3.15. The van der Waals surface area contributed by atoms with Crippen LogP contribution < -0.4 is 0 Å². The molecular weight excluding hydrogens is 262 g/mol. The number of nitrogens with zero attached hydrogens (tertiary/aromatic N) is 1. The molecule has 0 spiro atoms. The Balaban J connectivity index is 1.82. The Morgan fingerprint density at radius 3 is 2.71 bits per heavy atom. The topological polar surface area (TPSA) is 29.5 Å². The van der Waals surface area contributed by atoms with Gasteiger partial charge in [-0.3, -0.25) is 9.69 Å². The fourth-order valence-corrected chi connectivity index (χ4v) is 3.15. The average Bonchev–Trinajstić information content (AvgIpc) is 2.86. The molecule has 3 heteroatoms. The summed E-state index contributed by atoms with van der Waals surface area (Å²) in [4.78, 5) is 14.6. The van der Waals surface area contributed by atoms with E-state index in [0.717, 1.165) is 18.5 Å². The van der Waals surface area contributed by atoms with E-state index in [9.17, 15) is 4.79 Å². The van der Waals surface area contributed by atoms with Crippen molar-refractivity contribution >= 4 is 5.97 Å². The zero-order valence-corrected chi connectivity index (χ0v) is 13.4. The predicted octanol–water partition coefficient (Wildman–Crippen LogP) is 3.63. The van der Waals surface area contributed by atoms with Gasteiger partial charge >= 0.3 is 5.97 Å². The molecule has 1 aromatic carbocycles. The molecule has 1 heterocycles. The molecule has 0 radical (unpaired) electrons. The molecule has 0 aliphatic carbocycles. The van der Waals surface area contributed by atoms with E-state index in [4.69, 9.17) is 4.74 Å². The van der Waals surface area contributed by atoms with Crippen molar-refractivity contribution in [2.75, 3.05) is 6.54 Å². The molecule has 0 amide bonds. The summed E-state index contributed by atoms with van der Waals surface area (Å²) in [6.45, 7) is 7.65. The summed E-state index contributed by atoms with van der Waals surface area (Å²) in [5, 5.41) is 0. The second kappa shape index (κ2) is 7.60. The number of hydrogen-bond acceptors (Lipinski definition) is 3. The highest BCUT2D eigenvalue weighted by Crippen LogP contribution is 2.27. The Morgan fingerprint density at radius 1 is 1.33 bits per heavy atom. The SMILES string of the molecule is CCC1CCC(C)N1CC(C)C(=O)OCc1ccccc1. The Labute approximate surface area is 128 Å². The number of hydrogen-bond donors (Lipinski definition) is 0. The highest BCUT2D eigenvalue weighted by Gasteiger charge is 2.31. The summed E-state index contributed by atoms with van der Waals surface area (Å²) in [6.07, 6.45) is 3.66. The van der Waals surface area contributed by atoms with Gasteiger partial charge in [0.05, 0.1) is 5.92 Å². The van der Waals surface area contributed by atoms with Crippen LogP contribution in [-0.4, -0.2) is 29.5 Å². The Morgan fingerprint density at radius 2 is 2.05 bits per heavy atom. The molecule has 0 aromatic heterocycles. The molecule has 3 nitrogen and oxygen atoms in total. The maximum atomic E-state index is 12.2. The maximum Gasteiger partial charge on any atom is 0.310 e. The third-order valence-electron chi connectivity index (χ3n) is 4.54. The van der Waals surface area contributed by atoms with Crippen LogP contribution in [0.1, 0.15) is 45.6 Å². The lowest BCUT2D eigenvalue weighted by molar-refractivity contribution is -0.150. The number of benzene rings is 1. The number of ether oxygens (including phenoxy) is 1. The molecule has 0 bridgehead atoms. The molecule has 1 aliphatic heterocycles. The minimum absolute atomic E-state index is 0.0664. The van der Waals surface area contributed by atoms with Crippen molar-refractivity contribution in [3.8, 4) is 0 Å². The van der Waals surface area contributed by atoms with Gasteiger partial charge in [0.2, 0.25) is 0 Å². The Hall–Kier alpha value is -1.35. The van der Waals surface area contributed by atoms with Crippen LogP contribution in [0.15, 0.2) is 30.3 Å². The monoisotopic (exact) mass is 289 g/mol. The molecule has 21 heavy (non-hydrogen) atoms. The summed E-state index contributed by atoms with van der Waals surface area (Å²) < 4.78 is 5.44. The largest absolute Gasteiger partial charge is 0.461 e. The van der Waals surface area contributed by atoms with E-state index in [1.807, 2.05) is 37.3 Å². The number of rotatable bonds is 6. The first-order valence-electron chi connectivity index (χ1n) is 8.08. The summed E-state index contributed by atoms with van der Waals surface area (Å²) in [5.74, 6) is -0.156. The standard InChI is InChI=1S/C18H27NO2/c1-4-17-11-10-15(3)19(17)12-14(2)18(20)21-13-16-8-6-5-7-9-16/h5-9,14-15,17H,4,10-13H2,1-3H3. The normalized spacial score (nSPS) is 24.0. The first kappa shape index (κ1) is 16.0. The smallest absolute Gasteiger partial charge is 0.310 e. The van der Waals surface area contributed by atoms with Crippen molar-refractivity contribution in [1.82, 2.24) is 4.90 Å². The van der Waals surface area contributed by atoms with Crippen molar-refractivity contribution in [3.63, 3.8) is 0 Å². The first-order chi connectivity index (χ1) is 10.1. The van der Waals surface area contributed by atoms with Crippen LogP contribution in [0.2, 0.25) is 0 Å². The molecule has 1 aromatic rings. The molecule has 0 N–H and O–H groups in total. The molecule has 0 saturated carbocycles. The summed E-state index contributed by atoms with van der Waals surface area (Å²) >= 11 is 0. The van der Waals surface area contributed by atoms with Gasteiger partial charge < -0.3 is 4.74 Å². The minimum atomic E-state index is -0.0900. The molecule has 3 atom stereocenters. The van der Waals surface area contributed by atoms with E-state index < -0.39 is 0 Å². The van der Waals surface area contributed by atoms with Crippen LogP contribution in [-0.2, 0) is 16.1 Å². The van der Waals surface area contributed by atoms with Crippen LogP contribution in [0.5, 0.6) is 0 Å². The van der Waals surface area contributed by atoms with E-state index in [2.05, 4.69) is 18.7 Å². The highest BCUT2D eigenvalue weighted by molar-refractivity contribution is 5.72. The molecule has 2 rings (SSSR count). The van der Waals surface area contributed by atoms with Crippen LogP contribution in [0.3, 0.4) is 0 Å². The van der Waals surface area contributed by atoms with Crippen LogP contribution >= 0.6 is 0 Å². The number of esters is 1. The summed E-state index contributed by atoms with van der Waals surface area (Å²) in [7, 11) is 0. The quantitative estimate of drug-likeness (QED) is 0.749. The highest BCUT2D eigenvalue weighted by atomic mass is 16.5. The molecule has 116 valence electrons. The number of carbonyl (C=O) groups excluding carboxylic acids is 1. The van der Waals surface area contributed by atoms with Crippen molar-refractivity contribution < 1.29 is 9.53 Å². The van der Waals surface area contributed by atoms with Gasteiger partial charge in [-0.1, -0.05) is 44.2 Å². The first-order valence-corrected chi connectivity index (χ1v) is 8.08. The Kier molecular flexibility index (Phi) is 5.80. The summed E-state index contributed by atoms with van der Waals surface area (Å²) in [5.41, 5.74) is 1.04. The maximum absolute atomic E-state index is 12.2. The van der Waals surface area contributed by atoms with Crippen LogP contribution in [0.25, 0.3) is 0 Å². The number of likely N-dealkylation sites (tertiary alicyclic amines) is 1. The van der Waals surface area contributed by atoms with Crippen molar-refractivity contribution in [2.24, 2.45) is 5.92 Å².